The van der Waals surface area contributed by atoms with Crippen LogP contribution in [0.25, 0.3) is 0 Å². The number of carboxylic acid groups (broad SMARTS) is 1. The molecule has 1 aliphatic heterocycles. The lowest BCUT2D eigenvalue weighted by atomic mass is 10.1. The summed E-state index contributed by atoms with van der Waals surface area (Å²) in [6.07, 6.45) is -0.203. The van der Waals surface area contributed by atoms with Crippen LogP contribution in [0.5, 0.6) is 0 Å². The molecule has 1 aliphatic rings. The highest BCUT2D eigenvalue weighted by Gasteiger charge is 2.28. The second-order valence-electron chi connectivity index (χ2n) is 4.63. The summed E-state index contributed by atoms with van der Waals surface area (Å²) in [6.45, 7) is 1.48. The molecule has 1 aromatic rings. The number of hydrogen-bond acceptors (Lipinski definition) is 4. The number of aliphatic carboxylic acids is 1. The highest BCUT2D eigenvalue weighted by molar-refractivity contribution is 5.84. The fourth-order valence-corrected chi connectivity index (χ4v) is 2.16. The molecular weight excluding hydrogens is 246 g/mol. The van der Waals surface area contributed by atoms with Gasteiger partial charge in [0, 0.05) is 26.1 Å². The molecule has 0 aliphatic carbocycles. The SMILES string of the molecule is O=C(O)COC1CN(Cc2ccccc2)CCC1=O. The second kappa shape index (κ2) is 6.45. The van der Waals surface area contributed by atoms with E-state index >= 15 is 0 Å². The standard InChI is InChI=1S/C14H17NO4/c16-12-6-7-15(8-11-4-2-1-3-5-11)9-13(12)19-10-14(17)18/h1-5,13H,6-10H2,(H,17,18). The molecule has 102 valence electrons. The van der Waals surface area contributed by atoms with Crippen molar-refractivity contribution in [3.63, 3.8) is 0 Å². The zero-order valence-electron chi connectivity index (χ0n) is 10.6. The summed E-state index contributed by atoms with van der Waals surface area (Å²) >= 11 is 0. The van der Waals surface area contributed by atoms with E-state index in [2.05, 4.69) is 4.90 Å². The van der Waals surface area contributed by atoms with Gasteiger partial charge in [-0.05, 0) is 5.56 Å². The molecule has 1 aromatic carbocycles. The summed E-state index contributed by atoms with van der Waals surface area (Å²) in [5.74, 6) is -1.06. The number of nitrogens with zero attached hydrogens (tertiary/aromatic N) is 1. The Hall–Kier alpha value is -1.72. The van der Waals surface area contributed by atoms with Crippen LogP contribution in [0.2, 0.25) is 0 Å². The number of ketones is 1. The van der Waals surface area contributed by atoms with E-state index in [4.69, 9.17) is 9.84 Å². The third-order valence-electron chi connectivity index (χ3n) is 3.11. The molecule has 0 radical (unpaired) electrons. The molecule has 0 bridgehead atoms. The number of carbonyl (C=O) groups is 2. The molecule has 19 heavy (non-hydrogen) atoms. The molecule has 0 amide bonds. The van der Waals surface area contributed by atoms with Crippen molar-refractivity contribution in [3.05, 3.63) is 35.9 Å². The summed E-state index contributed by atoms with van der Waals surface area (Å²) < 4.78 is 5.13. The van der Waals surface area contributed by atoms with Crippen molar-refractivity contribution in [1.82, 2.24) is 4.90 Å². The first-order valence-corrected chi connectivity index (χ1v) is 6.27. The van der Waals surface area contributed by atoms with Crippen molar-refractivity contribution in [2.45, 2.75) is 19.1 Å². The number of hydrogen-bond donors (Lipinski definition) is 1. The van der Waals surface area contributed by atoms with Gasteiger partial charge in [-0.2, -0.15) is 0 Å². The number of ether oxygens (including phenoxy) is 1. The van der Waals surface area contributed by atoms with Crippen molar-refractivity contribution < 1.29 is 19.4 Å². The van der Waals surface area contributed by atoms with E-state index < -0.39 is 18.7 Å². The van der Waals surface area contributed by atoms with E-state index in [1.807, 2.05) is 30.3 Å². The van der Waals surface area contributed by atoms with Crippen LogP contribution >= 0.6 is 0 Å². The second-order valence-corrected chi connectivity index (χ2v) is 4.63. The predicted octanol–water partition coefficient (Wildman–Crippen LogP) is 0.931. The molecule has 1 saturated heterocycles. The first-order valence-electron chi connectivity index (χ1n) is 6.27. The Morgan fingerprint density at radius 3 is 2.79 bits per heavy atom. The first-order chi connectivity index (χ1) is 9.15. The molecule has 1 fully saturated rings. The van der Waals surface area contributed by atoms with Gasteiger partial charge in [0.2, 0.25) is 0 Å². The third-order valence-corrected chi connectivity index (χ3v) is 3.11. The average molecular weight is 263 g/mol. The van der Waals surface area contributed by atoms with Crippen molar-refractivity contribution in [2.24, 2.45) is 0 Å². The minimum absolute atomic E-state index is 0.00874. The number of rotatable bonds is 5. The van der Waals surface area contributed by atoms with Crippen LogP contribution in [0, 0.1) is 0 Å². The van der Waals surface area contributed by atoms with E-state index in [0.717, 1.165) is 6.54 Å². The quantitative estimate of drug-likeness (QED) is 0.856. The first kappa shape index (κ1) is 13.7. The van der Waals surface area contributed by atoms with Crippen molar-refractivity contribution in [1.29, 1.82) is 0 Å². The largest absolute Gasteiger partial charge is 0.480 e. The lowest BCUT2D eigenvalue weighted by Gasteiger charge is -2.31. The molecule has 0 aromatic heterocycles. The van der Waals surface area contributed by atoms with E-state index in [0.29, 0.717) is 19.5 Å². The van der Waals surface area contributed by atoms with Gasteiger partial charge in [-0.25, -0.2) is 4.79 Å². The molecule has 0 spiro atoms. The molecular formula is C14H17NO4. The Labute approximate surface area is 111 Å². The summed E-state index contributed by atoms with van der Waals surface area (Å²) in [5.41, 5.74) is 1.17. The summed E-state index contributed by atoms with van der Waals surface area (Å²) in [4.78, 5) is 24.2. The Morgan fingerprint density at radius 2 is 2.11 bits per heavy atom. The molecule has 1 atom stereocenters. The Morgan fingerprint density at radius 1 is 1.37 bits per heavy atom. The number of carbonyl (C=O) groups excluding carboxylic acids is 1. The zero-order chi connectivity index (χ0) is 13.7. The minimum atomic E-state index is -1.05. The van der Waals surface area contributed by atoms with Gasteiger partial charge in [-0.3, -0.25) is 9.69 Å². The molecule has 5 nitrogen and oxygen atoms in total. The van der Waals surface area contributed by atoms with Gasteiger partial charge in [0.05, 0.1) is 0 Å². The lowest BCUT2D eigenvalue weighted by molar-refractivity contribution is -0.149. The predicted molar refractivity (Wildman–Crippen MR) is 68.7 cm³/mol. The molecule has 1 unspecified atom stereocenters. The average Bonchev–Trinajstić information content (AvgIpc) is 2.40. The summed E-state index contributed by atoms with van der Waals surface area (Å²) in [6, 6.07) is 9.97. The van der Waals surface area contributed by atoms with E-state index in [9.17, 15) is 9.59 Å². The Bertz CT molecular complexity index is 446. The van der Waals surface area contributed by atoms with Gasteiger partial charge >= 0.3 is 5.97 Å². The molecule has 5 heteroatoms. The summed E-state index contributed by atoms with van der Waals surface area (Å²) in [5, 5.41) is 8.58. The van der Waals surface area contributed by atoms with Crippen LogP contribution in [0.15, 0.2) is 30.3 Å². The normalized spacial score (nSPS) is 20.4. The molecule has 1 heterocycles. The van der Waals surface area contributed by atoms with Crippen molar-refractivity contribution in [2.75, 3.05) is 19.7 Å². The number of likely N-dealkylation sites (tertiary alicyclic amines) is 1. The van der Waals surface area contributed by atoms with Gasteiger partial charge in [0.15, 0.2) is 5.78 Å². The Kier molecular flexibility index (Phi) is 4.65. The smallest absolute Gasteiger partial charge is 0.329 e. The maximum absolute atomic E-state index is 11.7. The fraction of sp³-hybridized carbons (Fsp3) is 0.429. The molecule has 0 saturated carbocycles. The van der Waals surface area contributed by atoms with Crippen molar-refractivity contribution >= 4 is 11.8 Å². The van der Waals surface area contributed by atoms with Gasteiger partial charge < -0.3 is 9.84 Å². The van der Waals surface area contributed by atoms with Gasteiger partial charge in [-0.15, -0.1) is 0 Å². The Balaban J connectivity index is 1.89. The van der Waals surface area contributed by atoms with Gasteiger partial charge in [-0.1, -0.05) is 30.3 Å². The zero-order valence-corrected chi connectivity index (χ0v) is 10.6. The maximum Gasteiger partial charge on any atom is 0.329 e. The number of Topliss-reactive ketones (excluding diaryl/α,β-unsaturated/α-hetero) is 1. The van der Waals surface area contributed by atoms with Crippen LogP contribution < -0.4 is 0 Å². The van der Waals surface area contributed by atoms with Crippen LogP contribution in [0.4, 0.5) is 0 Å². The lowest BCUT2D eigenvalue weighted by Crippen LogP contribution is -2.45. The molecule has 2 rings (SSSR count). The van der Waals surface area contributed by atoms with E-state index in [1.165, 1.54) is 5.56 Å². The number of carboxylic acids is 1. The number of benzene rings is 1. The fourth-order valence-electron chi connectivity index (χ4n) is 2.16. The van der Waals surface area contributed by atoms with Crippen LogP contribution in [-0.4, -0.2) is 47.6 Å². The third kappa shape index (κ3) is 4.15. The molecule has 1 N–H and O–H groups in total. The van der Waals surface area contributed by atoms with Crippen LogP contribution in [0.3, 0.4) is 0 Å². The van der Waals surface area contributed by atoms with Gasteiger partial charge in [0.1, 0.15) is 12.7 Å². The summed E-state index contributed by atoms with van der Waals surface area (Å²) in [7, 11) is 0. The number of piperidine rings is 1. The highest BCUT2D eigenvalue weighted by Crippen LogP contribution is 2.13. The highest BCUT2D eigenvalue weighted by atomic mass is 16.5. The monoisotopic (exact) mass is 263 g/mol. The van der Waals surface area contributed by atoms with E-state index in [-0.39, 0.29) is 5.78 Å². The van der Waals surface area contributed by atoms with Crippen LogP contribution in [0.1, 0.15) is 12.0 Å². The topological polar surface area (TPSA) is 66.8 Å². The van der Waals surface area contributed by atoms with Crippen molar-refractivity contribution in [3.8, 4) is 0 Å². The van der Waals surface area contributed by atoms with Crippen LogP contribution in [-0.2, 0) is 20.9 Å². The van der Waals surface area contributed by atoms with Gasteiger partial charge in [0.25, 0.3) is 0 Å². The minimum Gasteiger partial charge on any atom is -0.480 e. The maximum atomic E-state index is 11.7. The van der Waals surface area contributed by atoms with E-state index in [1.54, 1.807) is 0 Å².